The first-order valence-electron chi connectivity index (χ1n) is 3.87. The molecule has 0 aliphatic heterocycles. The predicted molar refractivity (Wildman–Crippen MR) is 44.1 cm³/mol. The summed E-state index contributed by atoms with van der Waals surface area (Å²) in [5, 5.41) is 8.43. The fourth-order valence-corrected chi connectivity index (χ4v) is 0.672. The number of aliphatic hydroxyl groups excluding tert-OH is 1. The van der Waals surface area contributed by atoms with Crippen LogP contribution in [0.5, 0.6) is 0 Å². The van der Waals surface area contributed by atoms with E-state index in [4.69, 9.17) is 5.11 Å². The molecule has 0 fully saturated rings. The van der Waals surface area contributed by atoms with E-state index in [1.165, 1.54) is 0 Å². The van der Waals surface area contributed by atoms with Crippen molar-refractivity contribution >= 4 is 7.25 Å². The number of hydrogen-bond donors (Lipinski definition) is 1. The lowest BCUT2D eigenvalue weighted by molar-refractivity contribution is 0.280. The molecular formula is C6H10BF4N2O-. The number of hydrogen-bond acceptors (Lipinski definition) is 2. The molecule has 0 atom stereocenters. The van der Waals surface area contributed by atoms with E-state index < -0.39 is 7.25 Å². The average Bonchev–Trinajstić information content (AvgIpc) is 2.49. The Labute approximate surface area is 78.5 Å². The second kappa shape index (κ2) is 6.42. The van der Waals surface area contributed by atoms with Crippen LogP contribution >= 0.6 is 0 Å². The van der Waals surface area contributed by atoms with Crippen molar-refractivity contribution in [3.8, 4) is 0 Å². The number of aliphatic hydroxyl groups is 1. The van der Waals surface area contributed by atoms with Gasteiger partial charge in [0.1, 0.15) is 0 Å². The third-order valence-electron chi connectivity index (χ3n) is 1.13. The standard InChI is InChI=1S/C6H10N2O.BF4/c9-5-1-3-8-4-2-7-6-8;2-1(3,4)5/h2,4,6,9H,1,3,5H2;/q;-1. The van der Waals surface area contributed by atoms with Gasteiger partial charge in [-0.05, 0) is 6.42 Å². The van der Waals surface area contributed by atoms with Crippen molar-refractivity contribution < 1.29 is 22.4 Å². The molecule has 0 unspecified atom stereocenters. The molecule has 0 aliphatic carbocycles. The molecule has 0 aliphatic rings. The van der Waals surface area contributed by atoms with Crippen LogP contribution in [0.1, 0.15) is 6.42 Å². The predicted octanol–water partition coefficient (Wildman–Crippen LogP) is 1.57. The summed E-state index contributed by atoms with van der Waals surface area (Å²) in [5.74, 6) is 0. The van der Waals surface area contributed by atoms with E-state index in [0.717, 1.165) is 13.0 Å². The molecule has 1 rings (SSSR count). The van der Waals surface area contributed by atoms with Crippen LogP contribution in [0.2, 0.25) is 0 Å². The van der Waals surface area contributed by atoms with Gasteiger partial charge in [-0.3, -0.25) is 0 Å². The number of imidazole rings is 1. The molecule has 0 saturated heterocycles. The van der Waals surface area contributed by atoms with Crippen LogP contribution < -0.4 is 0 Å². The first-order valence-corrected chi connectivity index (χ1v) is 3.87. The molecule has 82 valence electrons. The average molecular weight is 213 g/mol. The van der Waals surface area contributed by atoms with E-state index in [9.17, 15) is 17.3 Å². The Morgan fingerprint density at radius 2 is 1.86 bits per heavy atom. The molecule has 0 amide bonds. The first kappa shape index (κ1) is 13.0. The maximum Gasteiger partial charge on any atom is 0.673 e. The maximum absolute atomic E-state index is 9.75. The van der Waals surface area contributed by atoms with Crippen LogP contribution in [0.3, 0.4) is 0 Å². The number of aryl methyl sites for hydroxylation is 1. The topological polar surface area (TPSA) is 38.0 Å². The molecule has 0 saturated carbocycles. The monoisotopic (exact) mass is 213 g/mol. The van der Waals surface area contributed by atoms with E-state index in [1.54, 1.807) is 12.5 Å². The van der Waals surface area contributed by atoms with Crippen LogP contribution in [0.25, 0.3) is 0 Å². The Morgan fingerprint density at radius 3 is 2.21 bits per heavy atom. The van der Waals surface area contributed by atoms with Crippen molar-refractivity contribution in [2.24, 2.45) is 0 Å². The van der Waals surface area contributed by atoms with Crippen molar-refractivity contribution in [1.82, 2.24) is 9.55 Å². The highest BCUT2D eigenvalue weighted by Crippen LogP contribution is 2.06. The first-order chi connectivity index (χ1) is 6.43. The van der Waals surface area contributed by atoms with Crippen molar-refractivity contribution in [2.75, 3.05) is 6.61 Å². The third kappa shape index (κ3) is 11.0. The van der Waals surface area contributed by atoms with E-state index in [-0.39, 0.29) is 6.61 Å². The van der Waals surface area contributed by atoms with Crippen molar-refractivity contribution in [2.45, 2.75) is 13.0 Å². The van der Waals surface area contributed by atoms with E-state index >= 15 is 0 Å². The van der Waals surface area contributed by atoms with Gasteiger partial charge in [-0.1, -0.05) is 0 Å². The molecule has 0 radical (unpaired) electrons. The number of aromatic nitrogens is 2. The van der Waals surface area contributed by atoms with Gasteiger partial charge in [0.05, 0.1) is 6.33 Å². The van der Waals surface area contributed by atoms with Crippen LogP contribution in [0.15, 0.2) is 18.7 Å². The number of nitrogens with zero attached hydrogens (tertiary/aromatic N) is 2. The van der Waals surface area contributed by atoms with Crippen molar-refractivity contribution in [3.05, 3.63) is 18.7 Å². The van der Waals surface area contributed by atoms with Gasteiger partial charge in [-0.2, -0.15) is 0 Å². The Hall–Kier alpha value is -1.05. The van der Waals surface area contributed by atoms with Gasteiger partial charge < -0.3 is 26.9 Å². The maximum atomic E-state index is 9.75. The minimum atomic E-state index is -6.00. The zero-order valence-corrected chi connectivity index (χ0v) is 7.28. The van der Waals surface area contributed by atoms with Crippen molar-refractivity contribution in [1.29, 1.82) is 0 Å². The zero-order valence-electron chi connectivity index (χ0n) is 7.28. The highest BCUT2D eigenvalue weighted by Gasteiger charge is 2.20. The molecule has 1 aromatic rings. The van der Waals surface area contributed by atoms with E-state index in [1.807, 2.05) is 10.8 Å². The summed E-state index contributed by atoms with van der Waals surface area (Å²) < 4.78 is 40.9. The van der Waals surface area contributed by atoms with Gasteiger partial charge >= 0.3 is 7.25 Å². The fourth-order valence-electron chi connectivity index (χ4n) is 0.672. The molecule has 0 aromatic carbocycles. The van der Waals surface area contributed by atoms with Crippen molar-refractivity contribution in [3.63, 3.8) is 0 Å². The third-order valence-corrected chi connectivity index (χ3v) is 1.13. The minimum Gasteiger partial charge on any atom is -0.418 e. The van der Waals surface area contributed by atoms with Crippen LogP contribution in [0.4, 0.5) is 17.3 Å². The quantitative estimate of drug-likeness (QED) is 0.611. The van der Waals surface area contributed by atoms with Gasteiger partial charge in [-0.25, -0.2) is 4.98 Å². The summed E-state index contributed by atoms with van der Waals surface area (Å²) in [7, 11) is -6.00. The highest BCUT2D eigenvalue weighted by molar-refractivity contribution is 6.50. The van der Waals surface area contributed by atoms with Gasteiger partial charge in [-0.15, -0.1) is 0 Å². The smallest absolute Gasteiger partial charge is 0.418 e. The van der Waals surface area contributed by atoms with Crippen LogP contribution in [0, 0.1) is 0 Å². The fraction of sp³-hybridized carbons (Fsp3) is 0.500. The minimum absolute atomic E-state index is 0.248. The zero-order chi connectivity index (χ0) is 11.0. The Kier molecular flexibility index (Phi) is 5.94. The normalized spacial score (nSPS) is 10.6. The highest BCUT2D eigenvalue weighted by atomic mass is 19.5. The Morgan fingerprint density at radius 1 is 1.29 bits per heavy atom. The van der Waals surface area contributed by atoms with E-state index in [0.29, 0.717) is 0 Å². The summed E-state index contributed by atoms with van der Waals surface area (Å²) in [6.45, 7) is 1.11. The molecule has 1 heterocycles. The second-order valence-electron chi connectivity index (χ2n) is 2.37. The summed E-state index contributed by atoms with van der Waals surface area (Å²) in [6.07, 6.45) is 6.17. The molecule has 0 bridgehead atoms. The van der Waals surface area contributed by atoms with Crippen LogP contribution in [-0.4, -0.2) is 28.5 Å². The van der Waals surface area contributed by atoms with Gasteiger partial charge in [0.15, 0.2) is 0 Å². The lowest BCUT2D eigenvalue weighted by Crippen LogP contribution is -2.02. The molecular weight excluding hydrogens is 203 g/mol. The molecule has 0 spiro atoms. The Bertz CT molecular complexity index is 220. The summed E-state index contributed by atoms with van der Waals surface area (Å²) in [4.78, 5) is 3.86. The molecule has 1 aromatic heterocycles. The number of rotatable bonds is 3. The SMILES string of the molecule is F[B-](F)(F)F.OCCCn1ccnc1. The lowest BCUT2D eigenvalue weighted by Gasteiger charge is -1.96. The molecule has 3 nitrogen and oxygen atoms in total. The molecule has 14 heavy (non-hydrogen) atoms. The largest absolute Gasteiger partial charge is 0.673 e. The van der Waals surface area contributed by atoms with Gasteiger partial charge in [0.2, 0.25) is 0 Å². The van der Waals surface area contributed by atoms with Gasteiger partial charge in [0.25, 0.3) is 0 Å². The lowest BCUT2D eigenvalue weighted by atomic mass is 10.3. The number of halogens is 4. The summed E-state index contributed by atoms with van der Waals surface area (Å²) in [5.41, 5.74) is 0. The molecule has 8 heteroatoms. The van der Waals surface area contributed by atoms with E-state index in [2.05, 4.69) is 4.98 Å². The van der Waals surface area contributed by atoms with Gasteiger partial charge in [0, 0.05) is 25.5 Å². The Balaban J connectivity index is 0.000000292. The summed E-state index contributed by atoms with van der Waals surface area (Å²) >= 11 is 0. The molecule has 1 N–H and O–H groups in total. The second-order valence-corrected chi connectivity index (χ2v) is 2.37. The van der Waals surface area contributed by atoms with Crippen LogP contribution in [-0.2, 0) is 6.54 Å². The summed E-state index contributed by atoms with van der Waals surface area (Å²) in [6, 6.07) is 0.